The second-order valence-electron chi connectivity index (χ2n) is 5.70. The smallest absolute Gasteiger partial charge is 0.231 e. The van der Waals surface area contributed by atoms with Crippen molar-refractivity contribution in [2.75, 3.05) is 55.8 Å². The van der Waals surface area contributed by atoms with Gasteiger partial charge in [0, 0.05) is 32.2 Å². The molecular weight excluding hydrogens is 266 g/mol. The molecule has 1 aliphatic rings. The first-order valence-electron chi connectivity index (χ1n) is 7.75. The van der Waals surface area contributed by atoms with Gasteiger partial charge in [-0.15, -0.1) is 0 Å². The van der Waals surface area contributed by atoms with Crippen LogP contribution in [0.5, 0.6) is 0 Å². The average Bonchev–Trinajstić information content (AvgIpc) is 2.99. The van der Waals surface area contributed by atoms with Crippen molar-refractivity contribution in [3.63, 3.8) is 0 Å². The third-order valence-corrected chi connectivity index (χ3v) is 3.78. The van der Waals surface area contributed by atoms with Gasteiger partial charge < -0.3 is 20.4 Å². The van der Waals surface area contributed by atoms with E-state index in [1.54, 1.807) is 0 Å². The highest BCUT2D eigenvalue weighted by molar-refractivity contribution is 5.44. The fourth-order valence-electron chi connectivity index (χ4n) is 2.16. The molecule has 1 fully saturated rings. The molecule has 1 aromatic rings. The summed E-state index contributed by atoms with van der Waals surface area (Å²) in [6.07, 6.45) is 2.42. The molecular formula is C14H27N7. The van der Waals surface area contributed by atoms with Gasteiger partial charge in [0.2, 0.25) is 17.8 Å². The molecule has 1 unspecified atom stereocenters. The Bertz CT molecular complexity index is 443. The van der Waals surface area contributed by atoms with Crippen LogP contribution in [-0.4, -0.2) is 66.2 Å². The van der Waals surface area contributed by atoms with Crippen LogP contribution in [-0.2, 0) is 0 Å². The van der Waals surface area contributed by atoms with Crippen LogP contribution in [0.1, 0.15) is 26.7 Å². The summed E-state index contributed by atoms with van der Waals surface area (Å²) in [7, 11) is 4.14. The van der Waals surface area contributed by atoms with Crippen LogP contribution >= 0.6 is 0 Å². The van der Waals surface area contributed by atoms with E-state index in [0.717, 1.165) is 32.1 Å². The number of rotatable bonds is 7. The minimum Gasteiger partial charge on any atom is -0.354 e. The second-order valence-corrected chi connectivity index (χ2v) is 5.70. The Balaban J connectivity index is 2.11. The van der Waals surface area contributed by atoms with Crippen molar-refractivity contribution in [1.82, 2.24) is 19.9 Å². The Morgan fingerprint density at radius 1 is 1.10 bits per heavy atom. The number of hydrogen-bond acceptors (Lipinski definition) is 7. The fourth-order valence-corrected chi connectivity index (χ4v) is 2.16. The quantitative estimate of drug-likeness (QED) is 0.784. The zero-order chi connectivity index (χ0) is 15.2. The van der Waals surface area contributed by atoms with Crippen molar-refractivity contribution >= 4 is 17.8 Å². The van der Waals surface area contributed by atoms with Gasteiger partial charge in [-0.05, 0) is 40.8 Å². The highest BCUT2D eigenvalue weighted by Crippen LogP contribution is 2.18. The zero-order valence-electron chi connectivity index (χ0n) is 13.6. The maximum absolute atomic E-state index is 4.56. The van der Waals surface area contributed by atoms with Crippen LogP contribution in [0.4, 0.5) is 17.8 Å². The summed E-state index contributed by atoms with van der Waals surface area (Å²) in [5.74, 6) is 2.07. The molecule has 7 heteroatoms. The predicted octanol–water partition coefficient (Wildman–Crippen LogP) is 1.27. The molecule has 0 spiro atoms. The van der Waals surface area contributed by atoms with Gasteiger partial charge >= 0.3 is 0 Å². The summed E-state index contributed by atoms with van der Waals surface area (Å²) >= 11 is 0. The molecule has 2 rings (SSSR count). The lowest BCUT2D eigenvalue weighted by atomic mass is 10.3. The van der Waals surface area contributed by atoms with Gasteiger partial charge in [0.1, 0.15) is 0 Å². The molecule has 1 atom stereocenters. The standard InChI is InChI=1S/C14H27N7/c1-5-15-12-17-13(16-10-11(2)20(3)4)19-14(18-12)21-8-6-7-9-21/h11H,5-10H2,1-4H3,(H2,15,16,17,18,19). The molecule has 21 heavy (non-hydrogen) atoms. The third-order valence-electron chi connectivity index (χ3n) is 3.78. The van der Waals surface area contributed by atoms with E-state index in [0.29, 0.717) is 17.9 Å². The number of hydrogen-bond donors (Lipinski definition) is 2. The zero-order valence-corrected chi connectivity index (χ0v) is 13.6. The van der Waals surface area contributed by atoms with Crippen LogP contribution < -0.4 is 15.5 Å². The van der Waals surface area contributed by atoms with Crippen LogP contribution in [0.25, 0.3) is 0 Å². The molecule has 1 saturated heterocycles. The molecule has 7 nitrogen and oxygen atoms in total. The maximum atomic E-state index is 4.56. The summed E-state index contributed by atoms with van der Waals surface area (Å²) in [6, 6.07) is 0.416. The van der Waals surface area contributed by atoms with E-state index in [2.05, 4.69) is 56.4 Å². The Kier molecular flexibility index (Phi) is 5.55. The SMILES string of the molecule is CCNc1nc(NCC(C)N(C)C)nc(N2CCCC2)n1. The van der Waals surface area contributed by atoms with Crippen molar-refractivity contribution in [3.05, 3.63) is 0 Å². The van der Waals surface area contributed by atoms with Gasteiger partial charge in [-0.1, -0.05) is 0 Å². The lowest BCUT2D eigenvalue weighted by Gasteiger charge is -2.21. The van der Waals surface area contributed by atoms with E-state index in [4.69, 9.17) is 0 Å². The molecule has 0 aromatic carbocycles. The van der Waals surface area contributed by atoms with E-state index in [1.165, 1.54) is 12.8 Å². The molecule has 0 amide bonds. The summed E-state index contributed by atoms with van der Waals surface area (Å²) in [4.78, 5) is 17.9. The van der Waals surface area contributed by atoms with Crippen LogP contribution in [0, 0.1) is 0 Å². The van der Waals surface area contributed by atoms with Gasteiger partial charge in [0.25, 0.3) is 0 Å². The van der Waals surface area contributed by atoms with E-state index in [9.17, 15) is 0 Å². The monoisotopic (exact) mass is 293 g/mol. The van der Waals surface area contributed by atoms with Crippen molar-refractivity contribution in [3.8, 4) is 0 Å². The van der Waals surface area contributed by atoms with E-state index >= 15 is 0 Å². The van der Waals surface area contributed by atoms with Gasteiger partial charge in [0.05, 0.1) is 0 Å². The Morgan fingerprint density at radius 2 is 1.71 bits per heavy atom. The van der Waals surface area contributed by atoms with Gasteiger partial charge in [-0.2, -0.15) is 15.0 Å². The maximum Gasteiger partial charge on any atom is 0.231 e. The van der Waals surface area contributed by atoms with Gasteiger partial charge in [-0.25, -0.2) is 0 Å². The molecule has 1 aliphatic heterocycles. The van der Waals surface area contributed by atoms with Crippen molar-refractivity contribution in [2.45, 2.75) is 32.7 Å². The topological polar surface area (TPSA) is 69.2 Å². The van der Waals surface area contributed by atoms with Gasteiger partial charge in [0.15, 0.2) is 0 Å². The minimum atomic E-state index is 0.416. The molecule has 2 heterocycles. The molecule has 0 aliphatic carbocycles. The second kappa shape index (κ2) is 7.40. The van der Waals surface area contributed by atoms with E-state index < -0.39 is 0 Å². The first kappa shape index (κ1) is 15.8. The lowest BCUT2D eigenvalue weighted by Crippen LogP contribution is -2.32. The van der Waals surface area contributed by atoms with Crippen LogP contribution in [0.3, 0.4) is 0 Å². The summed E-state index contributed by atoms with van der Waals surface area (Å²) in [5, 5.41) is 6.50. The summed E-state index contributed by atoms with van der Waals surface area (Å²) in [5.41, 5.74) is 0. The number of aromatic nitrogens is 3. The summed E-state index contributed by atoms with van der Waals surface area (Å²) in [6.45, 7) is 7.88. The normalized spacial score (nSPS) is 16.3. The molecule has 0 bridgehead atoms. The fraction of sp³-hybridized carbons (Fsp3) is 0.786. The Hall–Kier alpha value is -1.63. The van der Waals surface area contributed by atoms with Crippen molar-refractivity contribution < 1.29 is 0 Å². The third kappa shape index (κ3) is 4.42. The number of nitrogens with one attached hydrogen (secondary N) is 2. The number of nitrogens with zero attached hydrogens (tertiary/aromatic N) is 5. The predicted molar refractivity (Wildman–Crippen MR) is 87.1 cm³/mol. The highest BCUT2D eigenvalue weighted by atomic mass is 15.3. The Morgan fingerprint density at radius 3 is 2.29 bits per heavy atom. The number of anilines is 3. The number of likely N-dealkylation sites (N-methyl/N-ethyl adjacent to an activating group) is 1. The van der Waals surface area contributed by atoms with Crippen LogP contribution in [0.2, 0.25) is 0 Å². The molecule has 2 N–H and O–H groups in total. The first-order valence-corrected chi connectivity index (χ1v) is 7.75. The van der Waals surface area contributed by atoms with E-state index in [1.807, 2.05) is 6.92 Å². The minimum absolute atomic E-state index is 0.416. The largest absolute Gasteiger partial charge is 0.354 e. The summed E-state index contributed by atoms with van der Waals surface area (Å²) < 4.78 is 0. The molecule has 0 radical (unpaired) electrons. The molecule has 0 saturated carbocycles. The lowest BCUT2D eigenvalue weighted by molar-refractivity contribution is 0.325. The van der Waals surface area contributed by atoms with Crippen LogP contribution in [0.15, 0.2) is 0 Å². The van der Waals surface area contributed by atoms with Crippen molar-refractivity contribution in [2.24, 2.45) is 0 Å². The van der Waals surface area contributed by atoms with Gasteiger partial charge in [-0.3, -0.25) is 0 Å². The first-order chi connectivity index (χ1) is 10.1. The Labute approximate surface area is 127 Å². The van der Waals surface area contributed by atoms with Crippen molar-refractivity contribution in [1.29, 1.82) is 0 Å². The van der Waals surface area contributed by atoms with E-state index in [-0.39, 0.29) is 0 Å². The molecule has 118 valence electrons. The average molecular weight is 293 g/mol. The highest BCUT2D eigenvalue weighted by Gasteiger charge is 2.17. The molecule has 1 aromatic heterocycles.